The molecule has 2 fully saturated rings. The second kappa shape index (κ2) is 5.60. The van der Waals surface area contributed by atoms with E-state index in [9.17, 15) is 4.79 Å². The second-order valence-corrected chi connectivity index (χ2v) is 7.72. The maximum atomic E-state index is 12.9. The van der Waals surface area contributed by atoms with Crippen LogP contribution in [0, 0.1) is 13.8 Å². The van der Waals surface area contributed by atoms with Crippen LogP contribution in [0.4, 0.5) is 5.82 Å². The highest BCUT2D eigenvalue weighted by molar-refractivity contribution is 7.99. The fourth-order valence-electron chi connectivity index (χ4n) is 3.14. The summed E-state index contributed by atoms with van der Waals surface area (Å²) in [5, 5.41) is 5.07. The van der Waals surface area contributed by atoms with Gasteiger partial charge in [-0.15, -0.1) is 11.8 Å². The average Bonchev–Trinajstić information content (AvgIpc) is 3.18. The number of hydrogen-bond donors (Lipinski definition) is 0. The molecule has 2 aliphatic heterocycles. The zero-order valence-corrected chi connectivity index (χ0v) is 15.4. The van der Waals surface area contributed by atoms with Crippen molar-refractivity contribution in [2.75, 3.05) is 10.7 Å². The molecular weight excluding hydrogens is 340 g/mol. The molecule has 0 radical (unpaired) electrons. The Labute approximate surface area is 150 Å². The summed E-state index contributed by atoms with van der Waals surface area (Å²) in [6.07, 6.45) is 0. The molecule has 7 heteroatoms. The van der Waals surface area contributed by atoms with Gasteiger partial charge in [-0.2, -0.15) is 5.10 Å². The normalized spacial score (nSPS) is 23.3. The molecule has 2 aromatic rings. The molecule has 2 aliphatic rings. The SMILES string of the molecule is Cc1ccc([C@@H]2SC[C@@H]3C(=O)N(c4cc(C)n(C)n4)C(=S)N32)cc1. The minimum Gasteiger partial charge on any atom is -0.319 e. The van der Waals surface area contributed by atoms with E-state index in [1.165, 1.54) is 11.1 Å². The topological polar surface area (TPSA) is 41.4 Å². The first-order valence-electron chi connectivity index (χ1n) is 7.82. The Morgan fingerprint density at radius 3 is 2.58 bits per heavy atom. The lowest BCUT2D eigenvalue weighted by atomic mass is 10.1. The minimum absolute atomic E-state index is 0.0280. The van der Waals surface area contributed by atoms with E-state index in [1.807, 2.05) is 20.0 Å². The molecule has 5 nitrogen and oxygen atoms in total. The minimum atomic E-state index is -0.198. The van der Waals surface area contributed by atoms with Crippen molar-refractivity contribution in [3.05, 3.63) is 47.2 Å². The third-order valence-electron chi connectivity index (χ3n) is 4.61. The van der Waals surface area contributed by atoms with Crippen LogP contribution in [-0.4, -0.2) is 37.5 Å². The van der Waals surface area contributed by atoms with Gasteiger partial charge in [0.2, 0.25) is 0 Å². The van der Waals surface area contributed by atoms with Crippen molar-refractivity contribution < 1.29 is 4.79 Å². The monoisotopic (exact) mass is 358 g/mol. The van der Waals surface area contributed by atoms with Crippen LogP contribution in [-0.2, 0) is 11.8 Å². The first kappa shape index (κ1) is 15.7. The lowest BCUT2D eigenvalue weighted by Crippen LogP contribution is -2.33. The van der Waals surface area contributed by atoms with Crippen LogP contribution in [0.1, 0.15) is 22.2 Å². The van der Waals surface area contributed by atoms with E-state index >= 15 is 0 Å². The highest BCUT2D eigenvalue weighted by Gasteiger charge is 2.51. The number of aromatic nitrogens is 2. The van der Waals surface area contributed by atoms with Crippen molar-refractivity contribution in [2.45, 2.75) is 25.3 Å². The highest BCUT2D eigenvalue weighted by atomic mass is 32.2. The van der Waals surface area contributed by atoms with E-state index in [0.29, 0.717) is 10.9 Å². The molecule has 0 aliphatic carbocycles. The Bertz CT molecular complexity index is 810. The van der Waals surface area contributed by atoms with Crippen molar-refractivity contribution in [2.24, 2.45) is 7.05 Å². The van der Waals surface area contributed by atoms with Crippen LogP contribution in [0.3, 0.4) is 0 Å². The molecule has 0 spiro atoms. The van der Waals surface area contributed by atoms with E-state index in [1.54, 1.807) is 21.3 Å². The summed E-state index contributed by atoms with van der Waals surface area (Å²) in [6.45, 7) is 4.04. The van der Waals surface area contributed by atoms with Gasteiger partial charge in [0.25, 0.3) is 5.91 Å². The van der Waals surface area contributed by atoms with Crippen molar-refractivity contribution >= 4 is 40.8 Å². The number of hydrogen-bond acceptors (Lipinski definition) is 4. The maximum Gasteiger partial charge on any atom is 0.258 e. The summed E-state index contributed by atoms with van der Waals surface area (Å²) in [6, 6.07) is 10.1. The van der Waals surface area contributed by atoms with Gasteiger partial charge in [0.1, 0.15) is 11.4 Å². The van der Waals surface area contributed by atoms with Crippen molar-refractivity contribution in [1.82, 2.24) is 14.7 Å². The molecule has 2 saturated heterocycles. The van der Waals surface area contributed by atoms with Crippen LogP contribution in [0.15, 0.2) is 30.3 Å². The fraction of sp³-hybridized carbons (Fsp3) is 0.353. The number of nitrogens with zero attached hydrogens (tertiary/aromatic N) is 4. The van der Waals surface area contributed by atoms with Crippen LogP contribution < -0.4 is 4.90 Å². The predicted octanol–water partition coefficient (Wildman–Crippen LogP) is 2.78. The number of thiocarbonyl (C=S) groups is 1. The molecule has 1 aromatic heterocycles. The Morgan fingerprint density at radius 1 is 1.25 bits per heavy atom. The van der Waals surface area contributed by atoms with E-state index in [-0.39, 0.29) is 17.3 Å². The van der Waals surface area contributed by atoms with Gasteiger partial charge in [0.05, 0.1) is 0 Å². The van der Waals surface area contributed by atoms with Gasteiger partial charge in [-0.25, -0.2) is 4.90 Å². The summed E-state index contributed by atoms with van der Waals surface area (Å²) in [5.74, 6) is 1.40. The number of benzene rings is 1. The fourth-order valence-corrected chi connectivity index (χ4v) is 5.05. The molecule has 124 valence electrons. The van der Waals surface area contributed by atoms with Gasteiger partial charge in [-0.3, -0.25) is 9.48 Å². The van der Waals surface area contributed by atoms with Gasteiger partial charge < -0.3 is 4.90 Å². The lowest BCUT2D eigenvalue weighted by Gasteiger charge is -2.25. The molecule has 0 unspecified atom stereocenters. The molecule has 0 N–H and O–H groups in total. The summed E-state index contributed by atoms with van der Waals surface area (Å²) < 4.78 is 1.76. The van der Waals surface area contributed by atoms with E-state index in [0.717, 1.165) is 11.4 Å². The Kier molecular flexibility index (Phi) is 3.65. The van der Waals surface area contributed by atoms with Crippen LogP contribution >= 0.6 is 24.0 Å². The first-order valence-corrected chi connectivity index (χ1v) is 9.28. The average molecular weight is 358 g/mol. The van der Waals surface area contributed by atoms with Crippen LogP contribution in [0.2, 0.25) is 0 Å². The number of anilines is 1. The van der Waals surface area contributed by atoms with Gasteiger partial charge in [-0.1, -0.05) is 29.8 Å². The lowest BCUT2D eigenvalue weighted by molar-refractivity contribution is -0.119. The Balaban J connectivity index is 1.68. The smallest absolute Gasteiger partial charge is 0.258 e. The number of amides is 1. The highest BCUT2D eigenvalue weighted by Crippen LogP contribution is 2.46. The molecular formula is C17H18N4OS2. The third kappa shape index (κ3) is 2.26. The molecule has 4 rings (SSSR count). The summed E-state index contributed by atoms with van der Waals surface area (Å²) >= 11 is 7.43. The number of aryl methyl sites for hydroxylation is 3. The molecule has 0 bridgehead atoms. The summed E-state index contributed by atoms with van der Waals surface area (Å²) in [7, 11) is 1.87. The molecule has 1 amide bonds. The van der Waals surface area contributed by atoms with E-state index in [4.69, 9.17) is 12.2 Å². The zero-order chi connectivity index (χ0) is 17.0. The molecule has 24 heavy (non-hydrogen) atoms. The zero-order valence-electron chi connectivity index (χ0n) is 13.8. The number of rotatable bonds is 2. The number of thioether (sulfide) groups is 1. The van der Waals surface area contributed by atoms with Gasteiger partial charge in [0.15, 0.2) is 10.9 Å². The second-order valence-electron chi connectivity index (χ2n) is 6.24. The molecule has 1 aromatic carbocycles. The first-order chi connectivity index (χ1) is 11.5. The molecule has 0 saturated carbocycles. The Hall–Kier alpha value is -1.86. The summed E-state index contributed by atoms with van der Waals surface area (Å²) in [5.41, 5.74) is 3.41. The van der Waals surface area contributed by atoms with Crippen LogP contribution in [0.25, 0.3) is 0 Å². The predicted molar refractivity (Wildman–Crippen MR) is 100 cm³/mol. The van der Waals surface area contributed by atoms with Crippen molar-refractivity contribution in [1.29, 1.82) is 0 Å². The quantitative estimate of drug-likeness (QED) is 0.772. The maximum absolute atomic E-state index is 12.9. The van der Waals surface area contributed by atoms with Crippen molar-refractivity contribution in [3.8, 4) is 0 Å². The van der Waals surface area contributed by atoms with Gasteiger partial charge in [0, 0.05) is 24.6 Å². The van der Waals surface area contributed by atoms with Crippen molar-refractivity contribution in [3.63, 3.8) is 0 Å². The largest absolute Gasteiger partial charge is 0.319 e. The van der Waals surface area contributed by atoms with Gasteiger partial charge in [-0.05, 0) is 31.6 Å². The summed E-state index contributed by atoms with van der Waals surface area (Å²) in [4.78, 5) is 16.5. The molecule has 3 heterocycles. The number of carbonyl (C=O) groups excluding carboxylic acids is 1. The molecule has 2 atom stereocenters. The number of carbonyl (C=O) groups is 1. The Morgan fingerprint density at radius 2 is 1.96 bits per heavy atom. The standard InChI is InChI=1S/C17H18N4OS2/c1-10-4-6-12(7-5-10)16-20-13(9-24-16)15(22)21(17(20)23)14-8-11(2)19(3)18-14/h4-8,13,16H,9H2,1-3H3/t13-,16+/m1/s1. The van der Waals surface area contributed by atoms with E-state index < -0.39 is 0 Å². The number of fused-ring (bicyclic) bond motifs is 1. The van der Waals surface area contributed by atoms with E-state index in [2.05, 4.69) is 41.2 Å². The van der Waals surface area contributed by atoms with Crippen LogP contribution in [0.5, 0.6) is 0 Å². The third-order valence-corrected chi connectivity index (χ3v) is 6.33. The van der Waals surface area contributed by atoms with Gasteiger partial charge >= 0.3 is 0 Å².